The topological polar surface area (TPSA) is 0 Å². The lowest BCUT2D eigenvalue weighted by Gasteiger charge is -2.21. The molecule has 0 aliphatic rings. The first-order chi connectivity index (χ1) is 43.7. The number of rotatable bonds is 9. The molecule has 0 heterocycles. The van der Waals surface area contributed by atoms with E-state index in [2.05, 4.69) is 340 Å². The van der Waals surface area contributed by atoms with E-state index in [1.54, 1.807) is 0 Å². The molecule has 88 heavy (non-hydrogen) atoms. The van der Waals surface area contributed by atoms with Crippen LogP contribution in [0, 0.1) is 0 Å². The second-order valence-electron chi connectivity index (χ2n) is 23.3. The van der Waals surface area contributed by atoms with Crippen LogP contribution < -0.4 is 0 Å². The Labute approximate surface area is 512 Å². The Morgan fingerprint density at radius 3 is 1.02 bits per heavy atom. The van der Waals surface area contributed by atoms with Gasteiger partial charge >= 0.3 is 0 Å². The van der Waals surface area contributed by atoms with Crippen molar-refractivity contribution >= 4 is 75.4 Å². The zero-order valence-electron chi connectivity index (χ0n) is 48.3. The first kappa shape index (κ1) is 51.0. The van der Waals surface area contributed by atoms with Gasteiger partial charge in [-0.2, -0.15) is 0 Å². The summed E-state index contributed by atoms with van der Waals surface area (Å²) in [6.45, 7) is 0. The molecule has 0 aliphatic carbocycles. The second-order valence-corrected chi connectivity index (χ2v) is 23.3. The molecule has 0 amide bonds. The molecule has 0 aliphatic heterocycles. The van der Waals surface area contributed by atoms with Gasteiger partial charge in [-0.05, 0) is 194 Å². The van der Waals surface area contributed by atoms with E-state index in [4.69, 9.17) is 0 Å². The number of benzene rings is 17. The van der Waals surface area contributed by atoms with Crippen LogP contribution in [0.1, 0.15) is 0 Å². The molecule has 0 unspecified atom stereocenters. The van der Waals surface area contributed by atoms with Crippen molar-refractivity contribution in [3.63, 3.8) is 0 Å². The van der Waals surface area contributed by atoms with Crippen LogP contribution in [0.25, 0.3) is 176 Å². The Morgan fingerprint density at radius 2 is 0.466 bits per heavy atom. The monoisotopic (exact) mass is 1110 g/mol. The van der Waals surface area contributed by atoms with E-state index < -0.39 is 0 Å². The summed E-state index contributed by atoms with van der Waals surface area (Å²) in [6.07, 6.45) is 0. The van der Waals surface area contributed by atoms with Gasteiger partial charge in [0.05, 0.1) is 0 Å². The summed E-state index contributed by atoms with van der Waals surface area (Å²) in [7, 11) is 0. The van der Waals surface area contributed by atoms with Crippen molar-refractivity contribution in [3.05, 3.63) is 340 Å². The predicted octanol–water partition coefficient (Wildman–Crippen LogP) is 24.8. The van der Waals surface area contributed by atoms with Gasteiger partial charge in [-0.3, -0.25) is 0 Å². The highest BCUT2D eigenvalue weighted by molar-refractivity contribution is 6.24. The molecule has 0 saturated carbocycles. The second kappa shape index (κ2) is 21.3. The highest BCUT2D eigenvalue weighted by atomic mass is 14.3. The fourth-order valence-electron chi connectivity index (χ4n) is 14.5. The van der Waals surface area contributed by atoms with Crippen LogP contribution in [-0.2, 0) is 0 Å². The molecule has 17 aromatic rings. The van der Waals surface area contributed by atoms with E-state index in [0.717, 1.165) is 0 Å². The highest BCUT2D eigenvalue weighted by Gasteiger charge is 2.23. The van der Waals surface area contributed by atoms with E-state index in [-0.39, 0.29) is 0 Å². The molecular weight excluding hydrogens is 1060 g/mol. The van der Waals surface area contributed by atoms with Gasteiger partial charge in [-0.15, -0.1) is 0 Å². The molecule has 0 heteroatoms. The van der Waals surface area contributed by atoms with E-state index in [9.17, 15) is 0 Å². The Morgan fingerprint density at radius 1 is 0.114 bits per heavy atom. The maximum Gasteiger partial charge on any atom is -0.00201 e. The summed E-state index contributed by atoms with van der Waals surface area (Å²) in [6, 6.07) is 126. The third-order valence-corrected chi connectivity index (χ3v) is 18.5. The minimum Gasteiger partial charge on any atom is -0.0622 e. The highest BCUT2D eigenvalue weighted by Crippen LogP contribution is 2.50. The third kappa shape index (κ3) is 8.52. The molecule has 0 aromatic heterocycles. The van der Waals surface area contributed by atoms with Gasteiger partial charge in [0, 0.05) is 0 Å². The predicted molar refractivity (Wildman–Crippen MR) is 378 cm³/mol. The van der Waals surface area contributed by atoms with Crippen LogP contribution in [0.3, 0.4) is 0 Å². The lowest BCUT2D eigenvalue weighted by atomic mass is 9.82. The molecule has 0 N–H and O–H groups in total. The molecule has 17 rings (SSSR count). The Hall–Kier alpha value is -11.4. The van der Waals surface area contributed by atoms with E-state index >= 15 is 0 Å². The zero-order valence-corrected chi connectivity index (χ0v) is 48.3. The first-order valence-corrected chi connectivity index (χ1v) is 30.6. The molecule has 17 aromatic carbocycles. The standard InChI is InChI=1S/C88H56/c1-3-22-58(23-4-1)67-28-9-12-32-73(67)87-78-37-17-13-33-74(78)85(75-34-14-18-38-79(75)87)61-46-42-57(43-47-61)63-50-52-70-64(54-63)27-21-41-68(70)66-51-53-82(84(56-66)59-24-5-2-6-25-59)88-80-39-19-15-35-76(80)86(77-36-16-20-40-81(77)88)62-48-44-60(45-49-62)83-55-65-26-7-8-29-69(65)71-30-10-11-31-72(71)83/h1-56H. The molecule has 0 saturated heterocycles. The Balaban J connectivity index is 0.742. The van der Waals surface area contributed by atoms with E-state index in [0.29, 0.717) is 0 Å². The summed E-state index contributed by atoms with van der Waals surface area (Å²) >= 11 is 0. The molecule has 0 nitrogen and oxygen atoms in total. The number of hydrogen-bond acceptors (Lipinski definition) is 0. The summed E-state index contributed by atoms with van der Waals surface area (Å²) < 4.78 is 0. The first-order valence-electron chi connectivity index (χ1n) is 30.6. The summed E-state index contributed by atoms with van der Waals surface area (Å²) in [5, 5.41) is 17.5. The maximum absolute atomic E-state index is 2.43. The molecule has 0 bridgehead atoms. The fraction of sp³-hybridized carbons (Fsp3) is 0. The lowest BCUT2D eigenvalue weighted by Crippen LogP contribution is -1.94. The Kier molecular flexibility index (Phi) is 12.3. The van der Waals surface area contributed by atoms with Crippen molar-refractivity contribution in [2.45, 2.75) is 0 Å². The number of fused-ring (bicyclic) bond motifs is 8. The van der Waals surface area contributed by atoms with Gasteiger partial charge in [0.2, 0.25) is 0 Å². The molecule has 408 valence electrons. The summed E-state index contributed by atoms with van der Waals surface area (Å²) in [4.78, 5) is 0. The molecule has 0 spiro atoms. The van der Waals surface area contributed by atoms with Crippen molar-refractivity contribution in [3.8, 4) is 100 Å². The van der Waals surface area contributed by atoms with Gasteiger partial charge in [0.1, 0.15) is 0 Å². The van der Waals surface area contributed by atoms with Crippen LogP contribution in [0.15, 0.2) is 340 Å². The molecule has 0 atom stereocenters. The van der Waals surface area contributed by atoms with Crippen LogP contribution in [0.2, 0.25) is 0 Å². The third-order valence-electron chi connectivity index (χ3n) is 18.5. The van der Waals surface area contributed by atoms with Crippen molar-refractivity contribution in [2.24, 2.45) is 0 Å². The lowest BCUT2D eigenvalue weighted by molar-refractivity contribution is 1.59. The van der Waals surface area contributed by atoms with E-state index in [1.165, 1.54) is 176 Å². The van der Waals surface area contributed by atoms with Crippen LogP contribution >= 0.6 is 0 Å². The minimum atomic E-state index is 1.18. The zero-order chi connectivity index (χ0) is 58.1. The Bertz CT molecular complexity index is 5460. The van der Waals surface area contributed by atoms with Crippen molar-refractivity contribution < 1.29 is 0 Å². The average molecular weight is 1110 g/mol. The smallest absolute Gasteiger partial charge is 0.00201 e. The molecule has 0 fully saturated rings. The van der Waals surface area contributed by atoms with E-state index in [1.807, 2.05) is 0 Å². The average Bonchev–Trinajstić information content (AvgIpc) is 0.908. The van der Waals surface area contributed by atoms with Gasteiger partial charge in [0.25, 0.3) is 0 Å². The quantitative estimate of drug-likeness (QED) is 0.0998. The largest absolute Gasteiger partial charge is 0.0622 e. The van der Waals surface area contributed by atoms with Crippen LogP contribution in [0.4, 0.5) is 0 Å². The van der Waals surface area contributed by atoms with Crippen molar-refractivity contribution in [1.29, 1.82) is 0 Å². The SMILES string of the molecule is c1ccc(-c2ccccc2-c2c3ccccc3c(-c3ccc(-c4ccc5c(-c6ccc(-c7c8ccccc8c(-c8ccc(-c9cc%10ccccc%10c%10ccccc9%10)cc8)c8ccccc78)c(-c7ccccc7)c6)cccc5c4)cc3)c3ccccc23)cc1. The minimum absolute atomic E-state index is 1.18. The normalized spacial score (nSPS) is 11.6. The van der Waals surface area contributed by atoms with Gasteiger partial charge in [-0.25, -0.2) is 0 Å². The molecular formula is C88H56. The van der Waals surface area contributed by atoms with Gasteiger partial charge in [0.15, 0.2) is 0 Å². The maximum atomic E-state index is 2.43. The van der Waals surface area contributed by atoms with Gasteiger partial charge < -0.3 is 0 Å². The molecule has 0 radical (unpaired) electrons. The van der Waals surface area contributed by atoms with Crippen LogP contribution in [0.5, 0.6) is 0 Å². The van der Waals surface area contributed by atoms with Crippen LogP contribution in [-0.4, -0.2) is 0 Å². The van der Waals surface area contributed by atoms with Gasteiger partial charge in [-0.1, -0.05) is 322 Å². The van der Waals surface area contributed by atoms with Crippen molar-refractivity contribution in [2.75, 3.05) is 0 Å². The van der Waals surface area contributed by atoms with Crippen molar-refractivity contribution in [1.82, 2.24) is 0 Å². The summed E-state index contributed by atoms with van der Waals surface area (Å²) in [5.41, 5.74) is 22.0. The summed E-state index contributed by atoms with van der Waals surface area (Å²) in [5.74, 6) is 0. The number of hydrogen-bond donors (Lipinski definition) is 0. The fourth-order valence-corrected chi connectivity index (χ4v) is 14.5.